The molecule has 1 heteroatoms. The molecule has 3 aliphatic rings. The lowest BCUT2D eigenvalue weighted by Crippen LogP contribution is -2.39. The Morgan fingerprint density at radius 2 is 1.80 bits per heavy atom. The summed E-state index contributed by atoms with van der Waals surface area (Å²) in [6.07, 6.45) is 13.4. The molecule has 0 unspecified atom stereocenters. The van der Waals surface area contributed by atoms with Crippen molar-refractivity contribution in [2.75, 3.05) is 0 Å². The van der Waals surface area contributed by atoms with Gasteiger partial charge in [0.15, 0.2) is 0 Å². The molecule has 3 saturated carbocycles. The third-order valence-corrected chi connectivity index (χ3v) is 6.66. The predicted molar refractivity (Wildman–Crippen MR) is 83.4 cm³/mol. The van der Waals surface area contributed by atoms with E-state index in [1.807, 2.05) is 0 Å². The molecule has 0 amide bonds. The van der Waals surface area contributed by atoms with Crippen molar-refractivity contribution >= 4 is 5.78 Å². The van der Waals surface area contributed by atoms with Gasteiger partial charge in [-0.05, 0) is 67.6 Å². The third-order valence-electron chi connectivity index (χ3n) is 6.66. The molecular formula is C19H30O. The average Bonchev–Trinajstić information content (AvgIpc) is 3.18. The average molecular weight is 274 g/mol. The van der Waals surface area contributed by atoms with E-state index < -0.39 is 0 Å². The largest absolute Gasteiger partial charge is 0.299 e. The second-order valence-corrected chi connectivity index (χ2v) is 8.00. The van der Waals surface area contributed by atoms with Gasteiger partial charge in [0.1, 0.15) is 5.78 Å². The van der Waals surface area contributed by atoms with Crippen molar-refractivity contribution in [1.29, 1.82) is 0 Å². The van der Waals surface area contributed by atoms with Crippen LogP contribution >= 0.6 is 0 Å². The molecule has 5 atom stereocenters. The first kappa shape index (κ1) is 14.4. The smallest absolute Gasteiger partial charge is 0.136 e. The molecule has 112 valence electrons. The molecule has 3 rings (SSSR count). The predicted octanol–water partition coefficient (Wildman–Crippen LogP) is 5.01. The van der Waals surface area contributed by atoms with Gasteiger partial charge < -0.3 is 0 Å². The summed E-state index contributed by atoms with van der Waals surface area (Å²) >= 11 is 0. The lowest BCUT2D eigenvalue weighted by molar-refractivity contribution is -0.129. The molecule has 20 heavy (non-hydrogen) atoms. The van der Waals surface area contributed by atoms with Gasteiger partial charge in [-0.15, -0.1) is 0 Å². The fourth-order valence-electron chi connectivity index (χ4n) is 5.10. The van der Waals surface area contributed by atoms with Crippen molar-refractivity contribution < 1.29 is 4.79 Å². The van der Waals surface area contributed by atoms with Crippen LogP contribution in [-0.2, 0) is 4.79 Å². The van der Waals surface area contributed by atoms with E-state index in [-0.39, 0.29) is 0 Å². The molecule has 3 aliphatic carbocycles. The number of carbonyl (C=O) groups is 1. The zero-order valence-electron chi connectivity index (χ0n) is 13.4. The fourth-order valence-corrected chi connectivity index (χ4v) is 5.10. The SMILES string of the molecule is C[C@H](/C=C/[C@@H](C)[C@@H]1CC[C@H]2C(=O)CCC[C@@]21C)C1CC1. The highest BCUT2D eigenvalue weighted by atomic mass is 16.1. The van der Waals surface area contributed by atoms with Crippen LogP contribution < -0.4 is 0 Å². The van der Waals surface area contributed by atoms with Crippen molar-refractivity contribution in [3.63, 3.8) is 0 Å². The Morgan fingerprint density at radius 3 is 2.50 bits per heavy atom. The second kappa shape index (κ2) is 5.31. The molecule has 0 N–H and O–H groups in total. The molecule has 0 spiro atoms. The first-order valence-electron chi connectivity index (χ1n) is 8.73. The number of allylic oxidation sites excluding steroid dienone is 2. The molecule has 0 heterocycles. The van der Waals surface area contributed by atoms with Crippen LogP contribution in [0.5, 0.6) is 0 Å². The summed E-state index contributed by atoms with van der Waals surface area (Å²) in [5, 5.41) is 0. The second-order valence-electron chi connectivity index (χ2n) is 8.00. The zero-order chi connectivity index (χ0) is 14.3. The highest BCUT2D eigenvalue weighted by Crippen LogP contribution is 2.56. The number of rotatable bonds is 4. The summed E-state index contributed by atoms with van der Waals surface area (Å²) in [6.45, 7) is 7.15. The molecule has 0 aliphatic heterocycles. The van der Waals surface area contributed by atoms with Crippen molar-refractivity contribution in [2.45, 2.75) is 65.7 Å². The summed E-state index contributed by atoms with van der Waals surface area (Å²) < 4.78 is 0. The van der Waals surface area contributed by atoms with Gasteiger partial charge in [0, 0.05) is 12.3 Å². The van der Waals surface area contributed by atoms with Gasteiger partial charge in [-0.3, -0.25) is 4.79 Å². The van der Waals surface area contributed by atoms with Gasteiger partial charge in [-0.2, -0.15) is 0 Å². The molecule has 3 fully saturated rings. The summed E-state index contributed by atoms with van der Waals surface area (Å²) in [6, 6.07) is 0. The van der Waals surface area contributed by atoms with E-state index in [1.165, 1.54) is 25.7 Å². The standard InChI is InChI=1S/C19H30O/c1-13(15-8-9-15)6-7-14(2)16-10-11-17-18(20)5-4-12-19(16,17)3/h6-7,13-17H,4-5,8-12H2,1-3H3/b7-6+/t13-,14-,16+,17+,19-/m1/s1. The third kappa shape index (κ3) is 2.49. The van der Waals surface area contributed by atoms with Crippen LogP contribution in [0.25, 0.3) is 0 Å². The summed E-state index contributed by atoms with van der Waals surface area (Å²) in [5.41, 5.74) is 0.294. The number of carbonyl (C=O) groups excluding carboxylic acids is 1. The van der Waals surface area contributed by atoms with Crippen LogP contribution in [-0.4, -0.2) is 5.78 Å². The fraction of sp³-hybridized carbons (Fsp3) is 0.842. The Balaban J connectivity index is 1.68. The minimum Gasteiger partial charge on any atom is -0.299 e. The van der Waals surface area contributed by atoms with Crippen LogP contribution in [0.15, 0.2) is 12.2 Å². The van der Waals surface area contributed by atoms with E-state index in [2.05, 4.69) is 32.9 Å². The quantitative estimate of drug-likeness (QED) is 0.659. The van der Waals surface area contributed by atoms with Crippen LogP contribution in [0.3, 0.4) is 0 Å². The molecule has 0 aromatic rings. The maximum absolute atomic E-state index is 12.2. The van der Waals surface area contributed by atoms with E-state index in [0.29, 0.717) is 23.0 Å². The van der Waals surface area contributed by atoms with Crippen LogP contribution in [0.1, 0.15) is 65.7 Å². The summed E-state index contributed by atoms with van der Waals surface area (Å²) in [5.74, 6) is 4.01. The Kier molecular flexibility index (Phi) is 3.81. The monoisotopic (exact) mass is 274 g/mol. The molecule has 1 nitrogen and oxygen atoms in total. The van der Waals surface area contributed by atoms with Gasteiger partial charge in [0.25, 0.3) is 0 Å². The minimum absolute atomic E-state index is 0.294. The van der Waals surface area contributed by atoms with E-state index in [9.17, 15) is 4.79 Å². The van der Waals surface area contributed by atoms with E-state index in [0.717, 1.165) is 37.0 Å². The van der Waals surface area contributed by atoms with Crippen LogP contribution in [0.2, 0.25) is 0 Å². The van der Waals surface area contributed by atoms with E-state index in [1.54, 1.807) is 0 Å². The van der Waals surface area contributed by atoms with Crippen molar-refractivity contribution in [2.24, 2.45) is 35.0 Å². The Labute approximate surface area is 124 Å². The molecule has 0 bridgehead atoms. The molecule has 0 saturated heterocycles. The first-order valence-corrected chi connectivity index (χ1v) is 8.73. The first-order chi connectivity index (χ1) is 9.52. The Hall–Kier alpha value is -0.590. The number of Topliss-reactive ketones (excluding diaryl/α,β-unsaturated/α-hetero) is 1. The van der Waals surface area contributed by atoms with Crippen molar-refractivity contribution in [3.8, 4) is 0 Å². The van der Waals surface area contributed by atoms with Gasteiger partial charge in [-0.25, -0.2) is 0 Å². The molecule has 0 radical (unpaired) electrons. The molecular weight excluding hydrogens is 244 g/mol. The maximum Gasteiger partial charge on any atom is 0.136 e. The highest BCUT2D eigenvalue weighted by Gasteiger charge is 2.51. The van der Waals surface area contributed by atoms with Gasteiger partial charge in [0.2, 0.25) is 0 Å². The maximum atomic E-state index is 12.2. The zero-order valence-corrected chi connectivity index (χ0v) is 13.4. The minimum atomic E-state index is 0.294. The van der Waals surface area contributed by atoms with Gasteiger partial charge >= 0.3 is 0 Å². The number of hydrogen-bond donors (Lipinski definition) is 0. The summed E-state index contributed by atoms with van der Waals surface area (Å²) in [7, 11) is 0. The normalized spacial score (nSPS) is 40.9. The van der Waals surface area contributed by atoms with Crippen LogP contribution in [0.4, 0.5) is 0 Å². The van der Waals surface area contributed by atoms with E-state index >= 15 is 0 Å². The lowest BCUT2D eigenvalue weighted by atomic mass is 9.62. The molecule has 0 aromatic heterocycles. The van der Waals surface area contributed by atoms with Crippen molar-refractivity contribution in [1.82, 2.24) is 0 Å². The lowest BCUT2D eigenvalue weighted by Gasteiger charge is -2.41. The Bertz CT molecular complexity index is 406. The highest BCUT2D eigenvalue weighted by molar-refractivity contribution is 5.83. The number of ketones is 1. The van der Waals surface area contributed by atoms with Gasteiger partial charge in [-0.1, -0.05) is 32.9 Å². The van der Waals surface area contributed by atoms with E-state index in [4.69, 9.17) is 0 Å². The van der Waals surface area contributed by atoms with Crippen molar-refractivity contribution in [3.05, 3.63) is 12.2 Å². The van der Waals surface area contributed by atoms with Crippen LogP contribution in [0, 0.1) is 35.0 Å². The topological polar surface area (TPSA) is 17.1 Å². The molecule has 0 aromatic carbocycles. The summed E-state index contributed by atoms with van der Waals surface area (Å²) in [4.78, 5) is 12.2. The number of hydrogen-bond acceptors (Lipinski definition) is 1. The Morgan fingerprint density at radius 1 is 1.10 bits per heavy atom. The number of fused-ring (bicyclic) bond motifs is 1. The van der Waals surface area contributed by atoms with Gasteiger partial charge in [0.05, 0.1) is 0 Å².